The summed E-state index contributed by atoms with van der Waals surface area (Å²) >= 11 is 0. The zero-order valence-corrected chi connectivity index (χ0v) is 14.0. The molecule has 0 unspecified atom stereocenters. The van der Waals surface area contributed by atoms with E-state index in [0.717, 1.165) is 19.1 Å². The van der Waals surface area contributed by atoms with Crippen molar-refractivity contribution in [3.63, 3.8) is 0 Å². The van der Waals surface area contributed by atoms with Crippen LogP contribution in [0.3, 0.4) is 0 Å². The molecular weight excluding hydrogens is 258 g/mol. The zero-order chi connectivity index (χ0) is 15.0. The molecule has 0 bridgehead atoms. The Morgan fingerprint density at radius 1 is 0.905 bits per heavy atom. The van der Waals surface area contributed by atoms with E-state index in [-0.39, 0.29) is 0 Å². The van der Waals surface area contributed by atoms with Gasteiger partial charge in [-0.3, -0.25) is 9.80 Å². The summed E-state index contributed by atoms with van der Waals surface area (Å²) in [6.45, 7) is 16.3. The van der Waals surface area contributed by atoms with Gasteiger partial charge in [-0.05, 0) is 39.8 Å². The molecule has 0 spiro atoms. The first-order chi connectivity index (χ1) is 9.93. The molecule has 2 heterocycles. The summed E-state index contributed by atoms with van der Waals surface area (Å²) in [5.41, 5.74) is 3.06. The Hall–Kier alpha value is -1.06. The maximum atomic E-state index is 2.69. The largest absolute Gasteiger partial charge is 0.369 e. The predicted octanol–water partition coefficient (Wildman–Crippen LogP) is 2.60. The number of hydrogen-bond acceptors (Lipinski definition) is 3. The molecule has 3 nitrogen and oxygen atoms in total. The Balaban J connectivity index is 1.49. The summed E-state index contributed by atoms with van der Waals surface area (Å²) < 4.78 is 0. The molecule has 21 heavy (non-hydrogen) atoms. The van der Waals surface area contributed by atoms with Crippen molar-refractivity contribution >= 4 is 5.69 Å². The van der Waals surface area contributed by atoms with Crippen LogP contribution in [0, 0.1) is 6.92 Å². The number of likely N-dealkylation sites (tertiary alicyclic amines) is 1. The molecule has 2 fully saturated rings. The number of hydrogen-bond donors (Lipinski definition) is 0. The first kappa shape index (κ1) is 14.9. The van der Waals surface area contributed by atoms with E-state index in [4.69, 9.17) is 0 Å². The van der Waals surface area contributed by atoms with Crippen LogP contribution in [0.4, 0.5) is 5.69 Å². The van der Waals surface area contributed by atoms with Crippen molar-refractivity contribution in [2.45, 2.75) is 39.3 Å². The molecule has 0 aliphatic carbocycles. The molecule has 2 saturated heterocycles. The lowest BCUT2D eigenvalue weighted by molar-refractivity contribution is -0.0237. The van der Waals surface area contributed by atoms with E-state index < -0.39 is 0 Å². The van der Waals surface area contributed by atoms with Crippen molar-refractivity contribution in [2.75, 3.05) is 44.2 Å². The third kappa shape index (κ3) is 3.24. The van der Waals surface area contributed by atoms with Gasteiger partial charge in [0.1, 0.15) is 0 Å². The maximum absolute atomic E-state index is 2.69. The summed E-state index contributed by atoms with van der Waals surface area (Å²) in [6, 6.07) is 9.74. The number of rotatable bonds is 2. The highest BCUT2D eigenvalue weighted by atomic mass is 15.4. The molecule has 0 N–H and O–H groups in total. The lowest BCUT2D eigenvalue weighted by Gasteiger charge is -2.53. The topological polar surface area (TPSA) is 9.72 Å². The Morgan fingerprint density at radius 2 is 1.48 bits per heavy atom. The Bertz CT molecular complexity index is 460. The first-order valence-corrected chi connectivity index (χ1v) is 8.24. The van der Waals surface area contributed by atoms with Crippen molar-refractivity contribution in [3.8, 4) is 0 Å². The van der Waals surface area contributed by atoms with Crippen LogP contribution >= 0.6 is 0 Å². The standard InChI is InChI=1S/C18H29N3/c1-15-5-7-16(8-6-15)19-9-11-20(12-10-19)17-13-21(14-17)18(2,3)4/h5-8,17H,9-14H2,1-4H3. The van der Waals surface area contributed by atoms with E-state index in [9.17, 15) is 0 Å². The fraction of sp³-hybridized carbons (Fsp3) is 0.667. The maximum Gasteiger partial charge on any atom is 0.0367 e. The molecule has 0 aromatic heterocycles. The van der Waals surface area contributed by atoms with Gasteiger partial charge >= 0.3 is 0 Å². The van der Waals surface area contributed by atoms with Crippen LogP contribution < -0.4 is 4.90 Å². The molecular formula is C18H29N3. The van der Waals surface area contributed by atoms with Crippen LogP contribution in [-0.2, 0) is 0 Å². The highest BCUT2D eigenvalue weighted by Crippen LogP contribution is 2.26. The van der Waals surface area contributed by atoms with Crippen LogP contribution in [0.25, 0.3) is 0 Å². The van der Waals surface area contributed by atoms with Crippen molar-refractivity contribution in [1.82, 2.24) is 9.80 Å². The summed E-state index contributed by atoms with van der Waals surface area (Å²) in [4.78, 5) is 7.80. The molecule has 1 aromatic rings. The van der Waals surface area contributed by atoms with Crippen molar-refractivity contribution in [1.29, 1.82) is 0 Å². The van der Waals surface area contributed by atoms with Gasteiger partial charge in [-0.2, -0.15) is 0 Å². The van der Waals surface area contributed by atoms with Gasteiger partial charge in [-0.25, -0.2) is 0 Å². The van der Waals surface area contributed by atoms with Gasteiger partial charge in [0, 0.05) is 56.5 Å². The van der Waals surface area contributed by atoms with Crippen LogP contribution in [0.5, 0.6) is 0 Å². The molecule has 0 saturated carbocycles. The van der Waals surface area contributed by atoms with E-state index in [1.165, 1.54) is 37.4 Å². The van der Waals surface area contributed by atoms with Gasteiger partial charge in [0.05, 0.1) is 0 Å². The molecule has 3 heteroatoms. The zero-order valence-electron chi connectivity index (χ0n) is 14.0. The van der Waals surface area contributed by atoms with Gasteiger partial charge in [-0.1, -0.05) is 17.7 Å². The van der Waals surface area contributed by atoms with Crippen LogP contribution in [-0.4, -0.2) is 60.6 Å². The minimum Gasteiger partial charge on any atom is -0.369 e. The lowest BCUT2D eigenvalue weighted by Crippen LogP contribution is -2.66. The monoisotopic (exact) mass is 287 g/mol. The van der Waals surface area contributed by atoms with E-state index in [0.29, 0.717) is 5.54 Å². The second-order valence-corrected chi connectivity index (χ2v) is 7.59. The summed E-state index contributed by atoms with van der Waals surface area (Å²) in [7, 11) is 0. The lowest BCUT2D eigenvalue weighted by atomic mass is 9.96. The molecule has 3 rings (SSSR count). The SMILES string of the molecule is Cc1ccc(N2CCN(C3CN(C(C)(C)C)C3)CC2)cc1. The molecule has 2 aliphatic heterocycles. The molecule has 0 amide bonds. The summed E-state index contributed by atoms with van der Waals surface area (Å²) in [5, 5.41) is 0. The average molecular weight is 287 g/mol. The fourth-order valence-corrected chi connectivity index (χ4v) is 3.33. The highest BCUT2D eigenvalue weighted by Gasteiger charge is 2.38. The molecule has 0 atom stereocenters. The van der Waals surface area contributed by atoms with Gasteiger partial charge in [-0.15, -0.1) is 0 Å². The van der Waals surface area contributed by atoms with E-state index >= 15 is 0 Å². The van der Waals surface area contributed by atoms with Gasteiger partial charge < -0.3 is 4.90 Å². The molecule has 0 radical (unpaired) electrons. The van der Waals surface area contributed by atoms with Gasteiger partial charge in [0.2, 0.25) is 0 Å². The number of aryl methyl sites for hydroxylation is 1. The van der Waals surface area contributed by atoms with Crippen LogP contribution in [0.1, 0.15) is 26.3 Å². The van der Waals surface area contributed by atoms with Crippen LogP contribution in [0.15, 0.2) is 24.3 Å². The summed E-state index contributed by atoms with van der Waals surface area (Å²) in [5.74, 6) is 0. The van der Waals surface area contributed by atoms with Crippen LogP contribution in [0.2, 0.25) is 0 Å². The first-order valence-electron chi connectivity index (χ1n) is 8.24. The number of benzene rings is 1. The Kier molecular flexibility index (Phi) is 3.98. The van der Waals surface area contributed by atoms with E-state index in [1.807, 2.05) is 0 Å². The van der Waals surface area contributed by atoms with E-state index in [2.05, 4.69) is 66.7 Å². The molecule has 116 valence electrons. The minimum absolute atomic E-state index is 0.334. The summed E-state index contributed by atoms with van der Waals surface area (Å²) in [6.07, 6.45) is 0. The predicted molar refractivity (Wildman–Crippen MR) is 90.1 cm³/mol. The second-order valence-electron chi connectivity index (χ2n) is 7.59. The number of nitrogens with zero attached hydrogens (tertiary/aromatic N) is 3. The van der Waals surface area contributed by atoms with Crippen molar-refractivity contribution < 1.29 is 0 Å². The van der Waals surface area contributed by atoms with Crippen molar-refractivity contribution in [2.24, 2.45) is 0 Å². The van der Waals surface area contributed by atoms with Gasteiger partial charge in [0.25, 0.3) is 0 Å². The number of anilines is 1. The average Bonchev–Trinajstić information content (AvgIpc) is 2.37. The third-order valence-corrected chi connectivity index (χ3v) is 5.04. The third-order valence-electron chi connectivity index (χ3n) is 5.04. The molecule has 2 aliphatic rings. The Labute approximate surface area is 129 Å². The number of piperazine rings is 1. The quantitative estimate of drug-likeness (QED) is 0.828. The highest BCUT2D eigenvalue weighted by molar-refractivity contribution is 5.47. The Morgan fingerprint density at radius 3 is 2.00 bits per heavy atom. The minimum atomic E-state index is 0.334. The molecule has 1 aromatic carbocycles. The normalized spacial score (nSPS) is 22.4. The van der Waals surface area contributed by atoms with E-state index in [1.54, 1.807) is 0 Å². The smallest absolute Gasteiger partial charge is 0.0367 e. The second kappa shape index (κ2) is 5.62. The fourth-order valence-electron chi connectivity index (χ4n) is 3.33. The van der Waals surface area contributed by atoms with Crippen molar-refractivity contribution in [3.05, 3.63) is 29.8 Å². The van der Waals surface area contributed by atoms with Gasteiger partial charge in [0.15, 0.2) is 0 Å².